The highest BCUT2D eigenvalue weighted by atomic mass is 19.4. The van der Waals surface area contributed by atoms with Gasteiger partial charge in [0.2, 0.25) is 0 Å². The predicted octanol–water partition coefficient (Wildman–Crippen LogP) is 4.30. The van der Waals surface area contributed by atoms with Crippen LogP contribution in [0, 0.1) is 17.1 Å². The fraction of sp³-hybridized carbons (Fsp3) is 0.133. The molecule has 2 rings (SSSR count). The van der Waals surface area contributed by atoms with Crippen molar-refractivity contribution >= 4 is 0 Å². The molecule has 6 heteroatoms. The van der Waals surface area contributed by atoms with Gasteiger partial charge in [-0.25, -0.2) is 4.39 Å². The molecule has 0 aliphatic heterocycles. The molecule has 0 heterocycles. The third-order valence-corrected chi connectivity index (χ3v) is 2.74. The summed E-state index contributed by atoms with van der Waals surface area (Å²) < 4.78 is 56.3. The smallest absolute Gasteiger partial charge is 0.416 e. The van der Waals surface area contributed by atoms with Crippen LogP contribution in [0.2, 0.25) is 0 Å². The largest absolute Gasteiger partial charge is 0.487 e. The van der Waals surface area contributed by atoms with Gasteiger partial charge in [-0.3, -0.25) is 0 Å². The molecule has 2 nitrogen and oxygen atoms in total. The number of alkyl halides is 3. The maximum atomic E-state index is 13.3. The molecule has 0 unspecified atom stereocenters. The Hall–Kier alpha value is -2.55. The lowest BCUT2D eigenvalue weighted by atomic mass is 10.1. The van der Waals surface area contributed by atoms with Crippen LogP contribution in [0.4, 0.5) is 17.6 Å². The summed E-state index contributed by atoms with van der Waals surface area (Å²) in [6, 6.07) is 10.1. The molecule has 0 bridgehead atoms. The van der Waals surface area contributed by atoms with Gasteiger partial charge in [-0.05, 0) is 29.8 Å². The number of halogens is 4. The van der Waals surface area contributed by atoms with Gasteiger partial charge in [-0.1, -0.05) is 18.2 Å². The maximum Gasteiger partial charge on any atom is 0.416 e. The molecule has 0 saturated carbocycles. The molecule has 0 aromatic heterocycles. The Bertz CT molecular complexity index is 689. The lowest BCUT2D eigenvalue weighted by Gasteiger charge is -2.11. The van der Waals surface area contributed by atoms with E-state index in [1.807, 2.05) is 0 Å². The number of hydrogen-bond acceptors (Lipinski definition) is 2. The molecule has 0 N–H and O–H groups in total. The third kappa shape index (κ3) is 3.51. The van der Waals surface area contributed by atoms with Crippen molar-refractivity contribution in [2.24, 2.45) is 0 Å². The maximum absolute atomic E-state index is 13.3. The zero-order valence-corrected chi connectivity index (χ0v) is 10.6. The van der Waals surface area contributed by atoms with Crippen molar-refractivity contribution in [3.63, 3.8) is 0 Å². The average molecular weight is 295 g/mol. The number of rotatable bonds is 3. The van der Waals surface area contributed by atoms with E-state index in [-0.39, 0.29) is 23.5 Å². The summed E-state index contributed by atoms with van der Waals surface area (Å²) in [6.07, 6.45) is -4.44. The van der Waals surface area contributed by atoms with E-state index in [1.165, 1.54) is 24.3 Å². The van der Waals surface area contributed by atoms with Gasteiger partial charge in [-0.15, -0.1) is 0 Å². The van der Waals surface area contributed by atoms with Crippen molar-refractivity contribution in [2.45, 2.75) is 12.8 Å². The molecule has 21 heavy (non-hydrogen) atoms. The minimum atomic E-state index is -4.44. The number of ether oxygens (including phenoxy) is 1. The Morgan fingerprint density at radius 1 is 1.10 bits per heavy atom. The minimum absolute atomic E-state index is 0.00471. The van der Waals surface area contributed by atoms with Crippen LogP contribution in [-0.2, 0) is 12.8 Å². The highest BCUT2D eigenvalue weighted by Crippen LogP contribution is 2.30. The number of nitrogens with zero attached hydrogens (tertiary/aromatic N) is 1. The topological polar surface area (TPSA) is 33.0 Å². The summed E-state index contributed by atoms with van der Waals surface area (Å²) in [6.45, 7) is -0.192. The van der Waals surface area contributed by atoms with E-state index >= 15 is 0 Å². The first-order valence-electron chi connectivity index (χ1n) is 5.89. The van der Waals surface area contributed by atoms with Gasteiger partial charge in [0.15, 0.2) is 0 Å². The van der Waals surface area contributed by atoms with Gasteiger partial charge < -0.3 is 4.74 Å². The predicted molar refractivity (Wildman–Crippen MR) is 66.9 cm³/mol. The van der Waals surface area contributed by atoms with E-state index in [0.29, 0.717) is 0 Å². The van der Waals surface area contributed by atoms with Gasteiger partial charge in [0.1, 0.15) is 29.8 Å². The zero-order valence-electron chi connectivity index (χ0n) is 10.6. The Kier molecular flexibility index (Phi) is 4.13. The summed E-state index contributed by atoms with van der Waals surface area (Å²) >= 11 is 0. The summed E-state index contributed by atoms with van der Waals surface area (Å²) in [7, 11) is 0. The second-order valence-electron chi connectivity index (χ2n) is 4.21. The SMILES string of the molecule is N#Cc1c(F)cccc1OCc1cccc(C(F)(F)F)c1. The van der Waals surface area contributed by atoms with Crippen molar-refractivity contribution in [3.05, 3.63) is 65.0 Å². The first-order valence-corrected chi connectivity index (χ1v) is 5.89. The monoisotopic (exact) mass is 295 g/mol. The molecule has 0 aliphatic rings. The highest BCUT2D eigenvalue weighted by Gasteiger charge is 2.30. The summed E-state index contributed by atoms with van der Waals surface area (Å²) in [5, 5.41) is 8.83. The average Bonchev–Trinajstić information content (AvgIpc) is 2.44. The molecule has 2 aromatic rings. The van der Waals surface area contributed by atoms with Crippen LogP contribution in [0.5, 0.6) is 5.75 Å². The van der Waals surface area contributed by atoms with Gasteiger partial charge in [0.25, 0.3) is 0 Å². The van der Waals surface area contributed by atoms with Crippen LogP contribution < -0.4 is 4.74 Å². The summed E-state index contributed by atoms with van der Waals surface area (Å²) in [4.78, 5) is 0. The zero-order chi connectivity index (χ0) is 15.5. The molecule has 0 saturated heterocycles. The first-order chi connectivity index (χ1) is 9.91. The quantitative estimate of drug-likeness (QED) is 0.791. The molecule has 0 aliphatic carbocycles. The highest BCUT2D eigenvalue weighted by molar-refractivity contribution is 5.44. The van der Waals surface area contributed by atoms with E-state index in [1.54, 1.807) is 6.07 Å². The minimum Gasteiger partial charge on any atom is -0.487 e. The van der Waals surface area contributed by atoms with Crippen molar-refractivity contribution in [1.82, 2.24) is 0 Å². The standard InChI is InChI=1S/C15H9F4NO/c16-13-5-2-6-14(12(13)8-20)21-9-10-3-1-4-11(7-10)15(17,18)19/h1-7H,9H2. The molecule has 0 radical (unpaired) electrons. The van der Waals surface area contributed by atoms with E-state index in [2.05, 4.69) is 0 Å². The first kappa shape index (κ1) is 14.9. The number of nitriles is 1. The van der Waals surface area contributed by atoms with Gasteiger partial charge in [0.05, 0.1) is 5.56 Å². The Morgan fingerprint density at radius 3 is 2.48 bits per heavy atom. The molecule has 2 aromatic carbocycles. The van der Waals surface area contributed by atoms with Crippen LogP contribution in [0.3, 0.4) is 0 Å². The molecule has 0 amide bonds. The Morgan fingerprint density at radius 2 is 1.81 bits per heavy atom. The van der Waals surface area contributed by atoms with Gasteiger partial charge in [-0.2, -0.15) is 18.4 Å². The number of benzene rings is 2. The van der Waals surface area contributed by atoms with Gasteiger partial charge in [0, 0.05) is 0 Å². The summed E-state index contributed by atoms with van der Waals surface area (Å²) in [5.74, 6) is -0.742. The van der Waals surface area contributed by atoms with Crippen LogP contribution in [0.25, 0.3) is 0 Å². The van der Waals surface area contributed by atoms with Crippen molar-refractivity contribution in [2.75, 3.05) is 0 Å². The van der Waals surface area contributed by atoms with E-state index in [9.17, 15) is 17.6 Å². The second-order valence-corrected chi connectivity index (χ2v) is 4.21. The van der Waals surface area contributed by atoms with E-state index in [4.69, 9.17) is 10.00 Å². The normalized spacial score (nSPS) is 11.0. The second kappa shape index (κ2) is 5.83. The van der Waals surface area contributed by atoms with E-state index < -0.39 is 17.6 Å². The van der Waals surface area contributed by atoms with Gasteiger partial charge >= 0.3 is 6.18 Å². The lowest BCUT2D eigenvalue weighted by Crippen LogP contribution is -2.06. The van der Waals surface area contributed by atoms with Crippen molar-refractivity contribution in [1.29, 1.82) is 5.26 Å². The number of hydrogen-bond donors (Lipinski definition) is 0. The fourth-order valence-corrected chi connectivity index (χ4v) is 1.73. The fourth-order valence-electron chi connectivity index (χ4n) is 1.73. The van der Waals surface area contributed by atoms with Crippen molar-refractivity contribution < 1.29 is 22.3 Å². The Balaban J connectivity index is 2.18. The van der Waals surface area contributed by atoms with Crippen LogP contribution in [-0.4, -0.2) is 0 Å². The third-order valence-electron chi connectivity index (χ3n) is 2.74. The Labute approximate surface area is 118 Å². The molecule has 0 fully saturated rings. The van der Waals surface area contributed by atoms with Crippen LogP contribution in [0.1, 0.15) is 16.7 Å². The molecular formula is C15H9F4NO. The van der Waals surface area contributed by atoms with Crippen LogP contribution >= 0.6 is 0 Å². The molecular weight excluding hydrogens is 286 g/mol. The molecule has 0 spiro atoms. The van der Waals surface area contributed by atoms with E-state index in [0.717, 1.165) is 18.2 Å². The summed E-state index contributed by atoms with van der Waals surface area (Å²) in [5.41, 5.74) is -0.786. The lowest BCUT2D eigenvalue weighted by molar-refractivity contribution is -0.137. The molecule has 108 valence electrons. The molecule has 0 atom stereocenters. The van der Waals surface area contributed by atoms with Crippen molar-refractivity contribution in [3.8, 4) is 11.8 Å². The van der Waals surface area contributed by atoms with Crippen LogP contribution in [0.15, 0.2) is 42.5 Å².